The van der Waals surface area contributed by atoms with Crippen LogP contribution in [-0.2, 0) is 0 Å². The first-order valence-electron chi connectivity index (χ1n) is 8.61. The molecule has 0 N–H and O–H groups in total. The summed E-state index contributed by atoms with van der Waals surface area (Å²) in [6.45, 7) is 5.01. The predicted octanol–water partition coefficient (Wildman–Crippen LogP) is 4.93. The first kappa shape index (κ1) is 14.3. The molecular formula is C22H19N3. The summed E-state index contributed by atoms with van der Waals surface area (Å²) in [6.07, 6.45) is 0. The van der Waals surface area contributed by atoms with E-state index in [9.17, 15) is 0 Å². The average molecular weight is 325 g/mol. The molecule has 25 heavy (non-hydrogen) atoms. The lowest BCUT2D eigenvalue weighted by Gasteiger charge is -2.29. The fourth-order valence-corrected chi connectivity index (χ4v) is 3.88. The van der Waals surface area contributed by atoms with Gasteiger partial charge in [-0.25, -0.2) is 5.01 Å². The van der Waals surface area contributed by atoms with Gasteiger partial charge in [-0.3, -0.25) is 0 Å². The van der Waals surface area contributed by atoms with E-state index < -0.39 is 0 Å². The summed E-state index contributed by atoms with van der Waals surface area (Å²) < 4.78 is 0. The van der Waals surface area contributed by atoms with Gasteiger partial charge in [-0.2, -0.15) is 5.10 Å². The highest BCUT2D eigenvalue weighted by Gasteiger charge is 2.33. The summed E-state index contributed by atoms with van der Waals surface area (Å²) in [6, 6.07) is 23.7. The molecule has 0 amide bonds. The van der Waals surface area contributed by atoms with Crippen molar-refractivity contribution in [2.45, 2.75) is 13.8 Å². The van der Waals surface area contributed by atoms with Gasteiger partial charge in [-0.05, 0) is 48.7 Å². The molecule has 3 nitrogen and oxygen atoms in total. The van der Waals surface area contributed by atoms with E-state index in [0.29, 0.717) is 0 Å². The molecular weight excluding hydrogens is 306 g/mol. The Morgan fingerprint density at radius 2 is 1.40 bits per heavy atom. The molecule has 0 unspecified atom stereocenters. The van der Waals surface area contributed by atoms with Gasteiger partial charge in [0.05, 0.1) is 11.4 Å². The summed E-state index contributed by atoms with van der Waals surface area (Å²) in [5.41, 5.74) is 8.64. The van der Waals surface area contributed by atoms with Gasteiger partial charge in [0.25, 0.3) is 0 Å². The zero-order valence-electron chi connectivity index (χ0n) is 14.4. The number of hydrazone groups is 1. The molecule has 2 heterocycles. The van der Waals surface area contributed by atoms with E-state index in [1.54, 1.807) is 0 Å². The van der Waals surface area contributed by atoms with Gasteiger partial charge in [0, 0.05) is 11.1 Å². The minimum Gasteiger partial charge on any atom is -0.304 e. The van der Waals surface area contributed by atoms with E-state index in [-0.39, 0.29) is 0 Å². The van der Waals surface area contributed by atoms with Crippen LogP contribution in [0.5, 0.6) is 0 Å². The Kier molecular flexibility index (Phi) is 2.98. The fourth-order valence-electron chi connectivity index (χ4n) is 3.88. The Morgan fingerprint density at radius 3 is 2.16 bits per heavy atom. The largest absolute Gasteiger partial charge is 0.304 e. The molecule has 0 aromatic heterocycles. The van der Waals surface area contributed by atoms with E-state index in [1.165, 1.54) is 33.5 Å². The Bertz CT molecular complexity index is 999. The summed E-state index contributed by atoms with van der Waals surface area (Å²) in [4.78, 5) is 2.31. The highest BCUT2D eigenvalue weighted by molar-refractivity contribution is 6.20. The Balaban J connectivity index is 1.68. The van der Waals surface area contributed by atoms with Crippen molar-refractivity contribution in [3.63, 3.8) is 0 Å². The van der Waals surface area contributed by atoms with E-state index >= 15 is 0 Å². The lowest BCUT2D eigenvalue weighted by Crippen LogP contribution is -2.34. The molecule has 3 aromatic rings. The van der Waals surface area contributed by atoms with Crippen molar-refractivity contribution >= 4 is 17.2 Å². The van der Waals surface area contributed by atoms with Gasteiger partial charge in [0.1, 0.15) is 6.67 Å². The van der Waals surface area contributed by atoms with Crippen molar-refractivity contribution in [3.8, 4) is 11.1 Å². The van der Waals surface area contributed by atoms with Crippen LogP contribution in [0.25, 0.3) is 11.1 Å². The molecule has 2 aliphatic heterocycles. The zero-order valence-corrected chi connectivity index (χ0v) is 14.4. The van der Waals surface area contributed by atoms with Gasteiger partial charge in [0.15, 0.2) is 5.84 Å². The van der Waals surface area contributed by atoms with Gasteiger partial charge in [0.2, 0.25) is 0 Å². The maximum Gasteiger partial charge on any atom is 0.163 e. The molecule has 5 rings (SSSR count). The summed E-state index contributed by atoms with van der Waals surface area (Å²) >= 11 is 0. The van der Waals surface area contributed by atoms with Crippen LogP contribution in [0.4, 0.5) is 11.4 Å². The van der Waals surface area contributed by atoms with Crippen molar-refractivity contribution in [2.75, 3.05) is 16.6 Å². The van der Waals surface area contributed by atoms with Crippen LogP contribution in [0.1, 0.15) is 16.7 Å². The third-order valence-electron chi connectivity index (χ3n) is 4.90. The van der Waals surface area contributed by atoms with E-state index in [1.807, 2.05) is 0 Å². The van der Waals surface area contributed by atoms with Gasteiger partial charge in [-0.15, -0.1) is 0 Å². The Morgan fingerprint density at radius 1 is 0.760 bits per heavy atom. The normalized spacial score (nSPS) is 14.7. The molecule has 122 valence electrons. The quantitative estimate of drug-likeness (QED) is 0.632. The van der Waals surface area contributed by atoms with Crippen molar-refractivity contribution < 1.29 is 0 Å². The maximum absolute atomic E-state index is 4.98. The highest BCUT2D eigenvalue weighted by Crippen LogP contribution is 2.41. The second kappa shape index (κ2) is 5.21. The number of benzene rings is 3. The first-order valence-corrected chi connectivity index (χ1v) is 8.61. The molecule has 0 radical (unpaired) electrons. The summed E-state index contributed by atoms with van der Waals surface area (Å²) in [5.74, 6) is 1.04. The smallest absolute Gasteiger partial charge is 0.163 e. The lowest BCUT2D eigenvalue weighted by atomic mass is 9.93. The first-order chi connectivity index (χ1) is 12.2. The number of hydrogen-bond donors (Lipinski definition) is 0. The number of rotatable bonds is 1. The minimum atomic E-state index is 0.740. The predicted molar refractivity (Wildman–Crippen MR) is 104 cm³/mol. The van der Waals surface area contributed by atoms with Gasteiger partial charge < -0.3 is 4.90 Å². The molecule has 2 aliphatic rings. The van der Waals surface area contributed by atoms with Crippen LogP contribution in [0.2, 0.25) is 0 Å². The van der Waals surface area contributed by atoms with E-state index in [2.05, 4.69) is 90.5 Å². The van der Waals surface area contributed by atoms with Crippen LogP contribution >= 0.6 is 0 Å². The molecule has 0 saturated carbocycles. The second-order valence-electron chi connectivity index (χ2n) is 6.80. The van der Waals surface area contributed by atoms with E-state index in [4.69, 9.17) is 5.10 Å². The van der Waals surface area contributed by atoms with E-state index in [0.717, 1.165) is 18.2 Å². The van der Waals surface area contributed by atoms with Crippen molar-refractivity contribution in [2.24, 2.45) is 5.10 Å². The molecule has 0 aliphatic carbocycles. The number of hydrogen-bond acceptors (Lipinski definition) is 3. The van der Waals surface area contributed by atoms with Crippen LogP contribution in [0, 0.1) is 13.8 Å². The topological polar surface area (TPSA) is 18.8 Å². The summed E-state index contributed by atoms with van der Waals surface area (Å²) in [5, 5.41) is 7.08. The Labute approximate surface area is 147 Å². The van der Waals surface area contributed by atoms with Gasteiger partial charge >= 0.3 is 0 Å². The van der Waals surface area contributed by atoms with Crippen LogP contribution in [0.15, 0.2) is 71.8 Å². The average Bonchev–Trinajstić information content (AvgIpc) is 3.07. The molecule has 0 bridgehead atoms. The maximum atomic E-state index is 4.98. The molecule has 3 aromatic carbocycles. The van der Waals surface area contributed by atoms with Crippen molar-refractivity contribution in [3.05, 3.63) is 83.4 Å². The summed E-state index contributed by atoms with van der Waals surface area (Å²) in [7, 11) is 0. The standard InChI is InChI=1S/C22H19N3/c1-15-11-16(2)13-17(12-15)25-14-24-21-10-6-5-8-19(21)18-7-3-4-9-20(18)22(24)23-25/h3-13H,14H2,1-2H3. The molecule has 0 atom stereocenters. The molecule has 0 saturated heterocycles. The zero-order chi connectivity index (χ0) is 17.0. The number of para-hydroxylation sites is 1. The number of anilines is 2. The third-order valence-corrected chi connectivity index (χ3v) is 4.90. The highest BCUT2D eigenvalue weighted by atomic mass is 15.6. The third kappa shape index (κ3) is 2.16. The SMILES string of the molecule is Cc1cc(C)cc(N2CN3C(=N2)c2ccccc2-c2ccccc23)c1. The number of nitrogens with zero attached hydrogens (tertiary/aromatic N) is 3. The minimum absolute atomic E-state index is 0.740. The number of aryl methyl sites for hydroxylation is 2. The van der Waals surface area contributed by atoms with Crippen LogP contribution < -0.4 is 9.91 Å². The number of amidine groups is 1. The van der Waals surface area contributed by atoms with Crippen molar-refractivity contribution in [1.82, 2.24) is 0 Å². The molecule has 3 heteroatoms. The second-order valence-corrected chi connectivity index (χ2v) is 6.80. The lowest BCUT2D eigenvalue weighted by molar-refractivity contribution is 0.910. The fraction of sp³-hybridized carbons (Fsp3) is 0.136. The van der Waals surface area contributed by atoms with Crippen molar-refractivity contribution in [1.29, 1.82) is 0 Å². The van der Waals surface area contributed by atoms with Crippen LogP contribution in [-0.4, -0.2) is 12.5 Å². The number of fused-ring (bicyclic) bond motifs is 6. The molecule has 0 spiro atoms. The Hall–Kier alpha value is -3.07. The molecule has 0 fully saturated rings. The van der Waals surface area contributed by atoms with Crippen LogP contribution in [0.3, 0.4) is 0 Å². The monoisotopic (exact) mass is 325 g/mol. The van der Waals surface area contributed by atoms with Gasteiger partial charge in [-0.1, -0.05) is 48.5 Å².